The van der Waals surface area contributed by atoms with Crippen LogP contribution in [0.1, 0.15) is 46.1 Å². The Hall–Kier alpha value is -0.740. The second-order valence-electron chi connectivity index (χ2n) is 10.4. The molecule has 4 aliphatic rings. The van der Waals surface area contributed by atoms with Gasteiger partial charge in [-0.3, -0.25) is 9.63 Å². The van der Waals surface area contributed by atoms with Crippen LogP contribution in [0.25, 0.3) is 0 Å². The number of aliphatic hydroxyl groups is 2. The molecule has 3 saturated carbocycles. The fourth-order valence-electron chi connectivity index (χ4n) is 6.30. The van der Waals surface area contributed by atoms with Crippen molar-refractivity contribution in [3.05, 3.63) is 33.4 Å². The number of hydroxylamine groups is 2. The molecule has 6 nitrogen and oxygen atoms in total. The van der Waals surface area contributed by atoms with Gasteiger partial charge in [0.25, 0.3) is 0 Å². The topological polar surface area (TPSA) is 82.0 Å². The first-order chi connectivity index (χ1) is 14.6. The highest BCUT2D eigenvalue weighted by Crippen LogP contribution is 2.61. The number of carbonyl (C=O) groups excluding carboxylic acids is 1. The van der Waals surface area contributed by atoms with E-state index in [1.54, 1.807) is 12.0 Å². The van der Waals surface area contributed by atoms with Gasteiger partial charge in [0, 0.05) is 15.5 Å². The summed E-state index contributed by atoms with van der Waals surface area (Å²) in [6.07, 6.45) is 0.887. The fraction of sp³-hybridized carbons (Fsp3) is 0.708. The average molecular weight is 542 g/mol. The van der Waals surface area contributed by atoms with Gasteiger partial charge >= 0.3 is 0 Å². The number of hydrogen-bond donors (Lipinski definition) is 3. The minimum atomic E-state index is -0.773. The van der Waals surface area contributed by atoms with Crippen molar-refractivity contribution < 1.29 is 19.8 Å². The summed E-state index contributed by atoms with van der Waals surface area (Å²) in [5.74, 6) is 1.12. The monoisotopic (exact) mass is 542 g/mol. The van der Waals surface area contributed by atoms with Crippen LogP contribution in [-0.4, -0.2) is 52.1 Å². The van der Waals surface area contributed by atoms with Crippen LogP contribution in [0, 0.1) is 32.7 Å². The van der Waals surface area contributed by atoms with Crippen molar-refractivity contribution in [2.45, 2.75) is 71.4 Å². The van der Waals surface area contributed by atoms with Gasteiger partial charge in [0.15, 0.2) is 0 Å². The summed E-state index contributed by atoms with van der Waals surface area (Å²) in [5.41, 5.74) is 1.39. The molecule has 0 radical (unpaired) electrons. The summed E-state index contributed by atoms with van der Waals surface area (Å²) in [5, 5.41) is 25.3. The molecule has 1 aromatic carbocycles. The van der Waals surface area contributed by atoms with E-state index >= 15 is 0 Å². The molecule has 1 saturated heterocycles. The number of hydrogen-bond acceptors (Lipinski definition) is 5. The number of fused-ring (bicyclic) bond motifs is 2. The van der Waals surface area contributed by atoms with Crippen molar-refractivity contribution >= 4 is 28.5 Å². The molecule has 1 amide bonds. The van der Waals surface area contributed by atoms with Crippen LogP contribution < -0.4 is 5.32 Å². The zero-order chi connectivity index (χ0) is 22.5. The van der Waals surface area contributed by atoms with Crippen LogP contribution >= 0.6 is 22.6 Å². The van der Waals surface area contributed by atoms with Crippen molar-refractivity contribution in [2.24, 2.45) is 29.1 Å². The van der Waals surface area contributed by atoms with E-state index in [1.807, 2.05) is 18.2 Å². The van der Waals surface area contributed by atoms with Crippen LogP contribution in [0.3, 0.4) is 0 Å². The molecule has 3 aliphatic carbocycles. The molecule has 7 heteroatoms. The van der Waals surface area contributed by atoms with Gasteiger partial charge in [-0.2, -0.15) is 5.06 Å². The first-order valence-corrected chi connectivity index (χ1v) is 12.5. The molecule has 172 valence electrons. The number of halogens is 1. The Bertz CT molecular complexity index is 817. The van der Waals surface area contributed by atoms with Gasteiger partial charge in [-0.25, -0.2) is 0 Å². The Balaban J connectivity index is 1.53. The van der Waals surface area contributed by atoms with Gasteiger partial charge < -0.3 is 15.5 Å². The van der Waals surface area contributed by atoms with Gasteiger partial charge in [-0.1, -0.05) is 32.9 Å². The maximum absolute atomic E-state index is 13.6. The Morgan fingerprint density at radius 2 is 2.13 bits per heavy atom. The summed E-state index contributed by atoms with van der Waals surface area (Å²) in [6.45, 7) is 8.82. The van der Waals surface area contributed by atoms with E-state index in [-0.39, 0.29) is 18.6 Å². The van der Waals surface area contributed by atoms with Crippen molar-refractivity contribution in [2.75, 3.05) is 6.61 Å². The number of benzene rings is 1. The van der Waals surface area contributed by atoms with Gasteiger partial charge in [0.05, 0.1) is 19.3 Å². The number of nitrogens with zero attached hydrogens (tertiary/aromatic N) is 1. The fourth-order valence-corrected chi connectivity index (χ4v) is 6.91. The zero-order valence-electron chi connectivity index (χ0n) is 18.8. The van der Waals surface area contributed by atoms with Crippen molar-refractivity contribution in [3.63, 3.8) is 0 Å². The third-order valence-corrected chi connectivity index (χ3v) is 8.96. The van der Waals surface area contributed by atoms with E-state index < -0.39 is 24.2 Å². The van der Waals surface area contributed by atoms with Crippen LogP contribution in [0.15, 0.2) is 24.3 Å². The number of carbonyl (C=O) groups is 1. The first kappa shape index (κ1) is 23.4. The molecule has 31 heavy (non-hydrogen) atoms. The third kappa shape index (κ3) is 4.28. The average Bonchev–Trinajstić information content (AvgIpc) is 3.07. The van der Waals surface area contributed by atoms with E-state index in [1.165, 1.54) is 6.42 Å². The molecule has 8 atom stereocenters. The second kappa shape index (κ2) is 8.89. The van der Waals surface area contributed by atoms with E-state index in [9.17, 15) is 15.0 Å². The lowest BCUT2D eigenvalue weighted by Crippen LogP contribution is -2.62. The number of rotatable bonds is 6. The molecule has 5 rings (SSSR count). The van der Waals surface area contributed by atoms with Crippen LogP contribution in [-0.2, 0) is 16.2 Å². The minimum Gasteiger partial charge on any atom is -0.394 e. The molecular weight excluding hydrogens is 507 g/mol. The van der Waals surface area contributed by atoms with E-state index in [0.29, 0.717) is 29.7 Å². The summed E-state index contributed by atoms with van der Waals surface area (Å²) in [6, 6.07) is 7.56. The highest BCUT2D eigenvalue weighted by atomic mass is 127. The lowest BCUT2D eigenvalue weighted by Gasteiger charge is -2.62. The molecule has 2 bridgehead atoms. The second-order valence-corrected chi connectivity index (χ2v) is 11.6. The van der Waals surface area contributed by atoms with Crippen molar-refractivity contribution in [1.29, 1.82) is 0 Å². The molecule has 0 spiro atoms. The lowest BCUT2D eigenvalue weighted by molar-refractivity contribution is -0.183. The number of aliphatic hydroxyl groups excluding tert-OH is 2. The molecular formula is C24H35IN2O4. The molecule has 4 unspecified atom stereocenters. The highest BCUT2D eigenvalue weighted by molar-refractivity contribution is 14.1. The zero-order valence-corrected chi connectivity index (χ0v) is 21.0. The standard InChI is InChI=1S/C24H35IN2O4/c1-13-18-9-16(24(18,3)4)10-19(13)26-23(30)22-21(14(2)29)20(12-28)31-27(22)11-15-6-5-7-17(25)8-15/h5-8,13-14,16,18-22,28-29H,9-12H2,1-4H3,(H,26,30)/t13?,14?,16-,18+,19+,20?,21?,22+/m1/s1. The number of nitrogens with one attached hydrogen (secondary N) is 1. The van der Waals surface area contributed by atoms with E-state index in [4.69, 9.17) is 4.84 Å². The van der Waals surface area contributed by atoms with E-state index in [2.05, 4.69) is 54.7 Å². The molecule has 1 aliphatic heterocycles. The van der Waals surface area contributed by atoms with Crippen molar-refractivity contribution in [3.8, 4) is 0 Å². The molecule has 4 fully saturated rings. The van der Waals surface area contributed by atoms with E-state index in [0.717, 1.165) is 15.6 Å². The Kier molecular flexibility index (Phi) is 6.72. The maximum Gasteiger partial charge on any atom is 0.240 e. The minimum absolute atomic E-state index is 0.108. The summed E-state index contributed by atoms with van der Waals surface area (Å²) in [4.78, 5) is 19.6. The molecule has 1 heterocycles. The molecule has 1 aromatic rings. The maximum atomic E-state index is 13.6. The Morgan fingerprint density at radius 3 is 2.71 bits per heavy atom. The predicted molar refractivity (Wildman–Crippen MR) is 127 cm³/mol. The number of amides is 1. The molecule has 0 aromatic heterocycles. The first-order valence-electron chi connectivity index (χ1n) is 11.4. The van der Waals surface area contributed by atoms with Gasteiger partial charge in [-0.15, -0.1) is 0 Å². The summed E-state index contributed by atoms with van der Waals surface area (Å²) < 4.78 is 1.11. The Labute approximate surface area is 198 Å². The smallest absolute Gasteiger partial charge is 0.240 e. The van der Waals surface area contributed by atoms with Gasteiger partial charge in [0.2, 0.25) is 5.91 Å². The van der Waals surface area contributed by atoms with Gasteiger partial charge in [0.1, 0.15) is 12.1 Å². The van der Waals surface area contributed by atoms with Crippen LogP contribution in [0.4, 0.5) is 0 Å². The summed E-state index contributed by atoms with van der Waals surface area (Å²) in [7, 11) is 0. The SMILES string of the molecule is CC(O)C1C(CO)ON(Cc2cccc(I)c2)[C@@H]1C(=O)N[C@H]1C[C@H]2C[C@@H](C1C)C2(C)C. The predicted octanol–water partition coefficient (Wildman–Crippen LogP) is 2.95. The quantitative estimate of drug-likeness (QED) is 0.482. The summed E-state index contributed by atoms with van der Waals surface area (Å²) >= 11 is 2.27. The normalized spacial score (nSPS) is 37.8. The highest BCUT2D eigenvalue weighted by Gasteiger charge is 2.57. The largest absolute Gasteiger partial charge is 0.394 e. The van der Waals surface area contributed by atoms with Crippen LogP contribution in [0.2, 0.25) is 0 Å². The lowest BCUT2D eigenvalue weighted by atomic mass is 9.45. The third-order valence-electron chi connectivity index (χ3n) is 8.29. The van der Waals surface area contributed by atoms with Crippen molar-refractivity contribution in [1.82, 2.24) is 10.4 Å². The molecule has 3 N–H and O–H groups in total. The van der Waals surface area contributed by atoms with Crippen LogP contribution in [0.5, 0.6) is 0 Å². The van der Waals surface area contributed by atoms with Gasteiger partial charge in [-0.05, 0) is 83.2 Å². The Morgan fingerprint density at radius 1 is 1.39 bits per heavy atom.